The Balaban J connectivity index is 1.99. The third-order valence-electron chi connectivity index (χ3n) is 2.33. The summed E-state index contributed by atoms with van der Waals surface area (Å²) in [5, 5.41) is 8.75. The van der Waals surface area contributed by atoms with E-state index >= 15 is 0 Å². The van der Waals surface area contributed by atoms with E-state index in [0.717, 1.165) is 0 Å². The Morgan fingerprint density at radius 3 is 2.40 bits per heavy atom. The predicted molar refractivity (Wildman–Crippen MR) is 52.9 cm³/mol. The highest BCUT2D eigenvalue weighted by Crippen LogP contribution is 2.35. The monoisotopic (exact) mass is 208 g/mol. The van der Waals surface area contributed by atoms with Gasteiger partial charge >= 0.3 is 5.97 Å². The fraction of sp³-hybridized carbons (Fsp3) is 0.364. The second kappa shape index (κ2) is 3.81. The third-order valence-corrected chi connectivity index (χ3v) is 2.33. The van der Waals surface area contributed by atoms with Gasteiger partial charge in [-0.15, -0.1) is 0 Å². The first-order valence-electron chi connectivity index (χ1n) is 4.82. The van der Waals surface area contributed by atoms with E-state index in [1.54, 1.807) is 19.1 Å². The topological polar surface area (TPSA) is 55.8 Å². The number of para-hydroxylation sites is 2. The molecule has 0 aromatic heterocycles. The lowest BCUT2D eigenvalue weighted by Gasteiger charge is -2.12. The molecule has 0 fully saturated rings. The Labute approximate surface area is 87.4 Å². The van der Waals surface area contributed by atoms with Gasteiger partial charge in [0.1, 0.15) is 0 Å². The van der Waals surface area contributed by atoms with E-state index in [-0.39, 0.29) is 0 Å². The van der Waals surface area contributed by atoms with Crippen LogP contribution in [0.4, 0.5) is 0 Å². The van der Waals surface area contributed by atoms with Gasteiger partial charge in [0, 0.05) is 6.42 Å². The molecule has 0 saturated heterocycles. The third kappa shape index (κ3) is 2.03. The lowest BCUT2D eigenvalue weighted by Crippen LogP contribution is -2.24. The number of rotatable bonds is 3. The van der Waals surface area contributed by atoms with E-state index in [1.807, 2.05) is 12.1 Å². The van der Waals surface area contributed by atoms with Crippen molar-refractivity contribution in [2.45, 2.75) is 19.6 Å². The van der Waals surface area contributed by atoms with Gasteiger partial charge in [-0.1, -0.05) is 19.1 Å². The normalized spacial score (nSPS) is 16.3. The molecule has 1 aliphatic rings. The quantitative estimate of drug-likeness (QED) is 0.824. The number of hydrogen-bond donors (Lipinski definition) is 1. The molecular formula is C11H12O4. The van der Waals surface area contributed by atoms with Crippen LogP contribution in [0.15, 0.2) is 24.3 Å². The molecule has 15 heavy (non-hydrogen) atoms. The van der Waals surface area contributed by atoms with Gasteiger partial charge in [0.15, 0.2) is 11.5 Å². The number of carboxylic acids is 1. The van der Waals surface area contributed by atoms with Crippen molar-refractivity contribution in [3.63, 3.8) is 0 Å². The zero-order valence-corrected chi connectivity index (χ0v) is 8.34. The van der Waals surface area contributed by atoms with Gasteiger partial charge in [-0.25, -0.2) is 0 Å². The van der Waals surface area contributed by atoms with E-state index in [2.05, 4.69) is 0 Å². The Hall–Kier alpha value is -1.71. The predicted octanol–water partition coefficient (Wildman–Crippen LogP) is 1.89. The van der Waals surface area contributed by atoms with Crippen LogP contribution in [0.25, 0.3) is 0 Å². The summed E-state index contributed by atoms with van der Waals surface area (Å²) >= 11 is 0. The second-order valence-corrected chi connectivity index (χ2v) is 3.59. The van der Waals surface area contributed by atoms with Gasteiger partial charge in [0.05, 0.1) is 5.92 Å². The number of aliphatic carboxylic acids is 1. The summed E-state index contributed by atoms with van der Waals surface area (Å²) in [4.78, 5) is 10.6. The SMILES string of the molecule is C[C@@H](CC1Oc2ccccc2O1)C(=O)O. The highest BCUT2D eigenvalue weighted by molar-refractivity contribution is 5.69. The van der Waals surface area contributed by atoms with Crippen molar-refractivity contribution in [1.82, 2.24) is 0 Å². The van der Waals surface area contributed by atoms with Gasteiger partial charge in [-0.05, 0) is 12.1 Å². The zero-order valence-electron chi connectivity index (χ0n) is 8.34. The lowest BCUT2D eigenvalue weighted by atomic mass is 10.1. The van der Waals surface area contributed by atoms with Crippen LogP contribution in [-0.4, -0.2) is 17.4 Å². The molecule has 1 N–H and O–H groups in total. The molecule has 1 aliphatic heterocycles. The first-order chi connectivity index (χ1) is 7.16. The Morgan fingerprint density at radius 1 is 1.40 bits per heavy atom. The minimum atomic E-state index is -0.835. The van der Waals surface area contributed by atoms with Crippen molar-refractivity contribution in [1.29, 1.82) is 0 Å². The van der Waals surface area contributed by atoms with Crippen LogP contribution in [0.5, 0.6) is 11.5 Å². The van der Waals surface area contributed by atoms with Crippen LogP contribution in [0.1, 0.15) is 13.3 Å². The first-order valence-corrected chi connectivity index (χ1v) is 4.82. The van der Waals surface area contributed by atoms with E-state index < -0.39 is 18.2 Å². The number of hydrogen-bond acceptors (Lipinski definition) is 3. The van der Waals surface area contributed by atoms with Gasteiger partial charge in [-0.2, -0.15) is 0 Å². The molecule has 2 rings (SSSR count). The largest absolute Gasteiger partial charge is 0.481 e. The molecule has 0 radical (unpaired) electrons. The summed E-state index contributed by atoms with van der Waals surface area (Å²) < 4.78 is 10.9. The Kier molecular flexibility index (Phi) is 2.49. The van der Waals surface area contributed by atoms with Gasteiger partial charge in [-0.3, -0.25) is 4.79 Å². The maximum Gasteiger partial charge on any atom is 0.306 e. The molecular weight excluding hydrogens is 196 g/mol. The summed E-state index contributed by atoms with van der Waals surface area (Å²) in [5.74, 6) is 0.0580. The molecule has 1 atom stereocenters. The molecule has 0 bridgehead atoms. The minimum Gasteiger partial charge on any atom is -0.481 e. The van der Waals surface area contributed by atoms with Crippen LogP contribution < -0.4 is 9.47 Å². The first kappa shape index (κ1) is 9.83. The van der Waals surface area contributed by atoms with Crippen LogP contribution in [-0.2, 0) is 4.79 Å². The van der Waals surface area contributed by atoms with Crippen molar-refractivity contribution in [3.05, 3.63) is 24.3 Å². The van der Waals surface area contributed by atoms with E-state index in [0.29, 0.717) is 17.9 Å². The number of carboxylic acid groups (broad SMARTS) is 1. The second-order valence-electron chi connectivity index (χ2n) is 3.59. The van der Waals surface area contributed by atoms with Crippen molar-refractivity contribution in [2.75, 3.05) is 0 Å². The smallest absolute Gasteiger partial charge is 0.306 e. The summed E-state index contributed by atoms with van der Waals surface area (Å²) in [5.41, 5.74) is 0. The Bertz CT molecular complexity index is 350. The maximum atomic E-state index is 10.6. The van der Waals surface area contributed by atoms with Crippen molar-refractivity contribution in [3.8, 4) is 11.5 Å². The molecule has 0 spiro atoms. The molecule has 1 aromatic carbocycles. The fourth-order valence-corrected chi connectivity index (χ4v) is 1.44. The van der Waals surface area contributed by atoms with Crippen LogP contribution in [0.2, 0.25) is 0 Å². The molecule has 0 amide bonds. The molecule has 1 heterocycles. The summed E-state index contributed by atoms with van der Waals surface area (Å²) in [6, 6.07) is 7.32. The van der Waals surface area contributed by atoms with Gasteiger partial charge in [0.25, 0.3) is 0 Å². The van der Waals surface area contributed by atoms with Crippen LogP contribution >= 0.6 is 0 Å². The molecule has 0 aliphatic carbocycles. The van der Waals surface area contributed by atoms with Crippen molar-refractivity contribution in [2.24, 2.45) is 5.92 Å². The van der Waals surface area contributed by atoms with E-state index in [4.69, 9.17) is 14.6 Å². The molecule has 4 nitrogen and oxygen atoms in total. The number of benzene rings is 1. The number of fused-ring (bicyclic) bond motifs is 1. The van der Waals surface area contributed by atoms with E-state index in [9.17, 15) is 4.79 Å². The lowest BCUT2D eigenvalue weighted by molar-refractivity contribution is -0.143. The van der Waals surface area contributed by atoms with Crippen LogP contribution in [0, 0.1) is 5.92 Å². The average Bonchev–Trinajstić information content (AvgIpc) is 2.59. The standard InChI is InChI=1S/C11H12O4/c1-7(11(12)13)6-10-14-8-4-2-3-5-9(8)15-10/h2-5,7,10H,6H2,1H3,(H,12,13)/t7-/m0/s1. The fourth-order valence-electron chi connectivity index (χ4n) is 1.44. The summed E-state index contributed by atoms with van der Waals surface area (Å²) in [6.07, 6.45) is -0.127. The summed E-state index contributed by atoms with van der Waals surface area (Å²) in [6.45, 7) is 1.64. The van der Waals surface area contributed by atoms with Crippen molar-refractivity contribution < 1.29 is 19.4 Å². The Morgan fingerprint density at radius 2 is 1.93 bits per heavy atom. The molecule has 4 heteroatoms. The highest BCUT2D eigenvalue weighted by Gasteiger charge is 2.27. The number of ether oxygens (including phenoxy) is 2. The molecule has 80 valence electrons. The number of carbonyl (C=O) groups is 1. The van der Waals surface area contributed by atoms with Gasteiger partial charge in [0.2, 0.25) is 6.29 Å². The summed E-state index contributed by atoms with van der Waals surface area (Å²) in [7, 11) is 0. The van der Waals surface area contributed by atoms with Crippen molar-refractivity contribution >= 4 is 5.97 Å². The minimum absolute atomic E-state index is 0.351. The van der Waals surface area contributed by atoms with Crippen LogP contribution in [0.3, 0.4) is 0 Å². The molecule has 1 aromatic rings. The average molecular weight is 208 g/mol. The maximum absolute atomic E-state index is 10.6. The molecule has 0 saturated carbocycles. The zero-order chi connectivity index (χ0) is 10.8. The highest BCUT2D eigenvalue weighted by atomic mass is 16.7. The molecule has 0 unspecified atom stereocenters. The van der Waals surface area contributed by atoms with Gasteiger partial charge < -0.3 is 14.6 Å². The van der Waals surface area contributed by atoms with E-state index in [1.165, 1.54) is 0 Å².